The minimum Gasteiger partial charge on any atom is -0.264 e. The Morgan fingerprint density at radius 1 is 1.00 bits per heavy atom. The molecular weight excluding hydrogens is 426 g/mol. The number of benzene rings is 2. The number of sulfonamides is 1. The normalized spacial score (nSPS) is 11.6. The number of hydrogen-bond donors (Lipinski definition) is 1. The Morgan fingerprint density at radius 2 is 1.74 bits per heavy atom. The van der Waals surface area contributed by atoms with Crippen molar-refractivity contribution >= 4 is 39.0 Å². The first-order valence-electron chi connectivity index (χ1n) is 7.31. The highest BCUT2D eigenvalue weighted by Gasteiger charge is 2.20. The third-order valence-electron chi connectivity index (χ3n) is 3.53. The molecule has 0 aliphatic heterocycles. The lowest BCUT2D eigenvalue weighted by atomic mass is 10.2. The van der Waals surface area contributed by atoms with Crippen LogP contribution in [-0.2, 0) is 16.6 Å². The molecular formula is C16H10Cl2F3N3O2S. The first-order chi connectivity index (χ1) is 12.7. The van der Waals surface area contributed by atoms with Gasteiger partial charge in [-0.15, -0.1) is 0 Å². The smallest absolute Gasteiger partial charge is 0.263 e. The molecule has 1 aromatic heterocycles. The largest absolute Gasteiger partial charge is 0.264 e. The second kappa shape index (κ2) is 7.41. The molecule has 0 amide bonds. The molecule has 2 aromatic carbocycles. The summed E-state index contributed by atoms with van der Waals surface area (Å²) in [4.78, 5) is -0.510. The molecule has 0 saturated carbocycles. The van der Waals surface area contributed by atoms with Gasteiger partial charge in [0.05, 0.1) is 11.4 Å². The van der Waals surface area contributed by atoms with Crippen molar-refractivity contribution in [1.29, 1.82) is 0 Å². The SMILES string of the molecule is O=S(=O)(Nc1nn(Cc2c(F)cccc2Cl)cc1Cl)c1ccc(F)c(F)c1. The van der Waals surface area contributed by atoms with E-state index in [0.717, 1.165) is 6.07 Å². The Hall–Kier alpha value is -2.23. The van der Waals surface area contributed by atoms with Gasteiger partial charge in [0, 0.05) is 16.8 Å². The zero-order chi connectivity index (χ0) is 19.8. The Labute approximate surface area is 162 Å². The van der Waals surface area contributed by atoms with Crippen molar-refractivity contribution in [3.05, 3.63) is 75.7 Å². The third-order valence-corrected chi connectivity index (χ3v) is 5.50. The van der Waals surface area contributed by atoms with E-state index in [2.05, 4.69) is 9.82 Å². The predicted molar refractivity (Wildman–Crippen MR) is 94.9 cm³/mol. The van der Waals surface area contributed by atoms with Crippen LogP contribution in [0.1, 0.15) is 5.56 Å². The van der Waals surface area contributed by atoms with Crippen LogP contribution >= 0.6 is 23.2 Å². The monoisotopic (exact) mass is 435 g/mol. The van der Waals surface area contributed by atoms with Crippen molar-refractivity contribution in [3.63, 3.8) is 0 Å². The average Bonchev–Trinajstić information content (AvgIpc) is 2.92. The number of hydrogen-bond acceptors (Lipinski definition) is 3. The lowest BCUT2D eigenvalue weighted by Gasteiger charge is -2.07. The van der Waals surface area contributed by atoms with Crippen LogP contribution in [0.25, 0.3) is 0 Å². The zero-order valence-corrected chi connectivity index (χ0v) is 15.6. The van der Waals surface area contributed by atoms with Gasteiger partial charge in [0.1, 0.15) is 10.8 Å². The topological polar surface area (TPSA) is 64.0 Å². The van der Waals surface area contributed by atoms with Crippen molar-refractivity contribution < 1.29 is 21.6 Å². The number of rotatable bonds is 5. The molecule has 27 heavy (non-hydrogen) atoms. The highest BCUT2D eigenvalue weighted by molar-refractivity contribution is 7.92. The molecule has 0 aliphatic carbocycles. The predicted octanol–water partition coefficient (Wildman–Crippen LogP) is 4.46. The van der Waals surface area contributed by atoms with Gasteiger partial charge in [0.2, 0.25) is 0 Å². The molecule has 0 unspecified atom stereocenters. The van der Waals surface area contributed by atoms with E-state index in [1.165, 1.54) is 29.1 Å². The van der Waals surface area contributed by atoms with Crippen molar-refractivity contribution in [1.82, 2.24) is 9.78 Å². The van der Waals surface area contributed by atoms with Crippen LogP contribution in [0, 0.1) is 17.5 Å². The molecule has 3 aromatic rings. The van der Waals surface area contributed by atoms with Gasteiger partial charge in [-0.05, 0) is 30.3 Å². The van der Waals surface area contributed by atoms with Crippen LogP contribution < -0.4 is 4.72 Å². The van der Waals surface area contributed by atoms with Crippen molar-refractivity contribution in [2.24, 2.45) is 0 Å². The van der Waals surface area contributed by atoms with Gasteiger partial charge >= 0.3 is 0 Å². The van der Waals surface area contributed by atoms with Gasteiger partial charge in [0.25, 0.3) is 10.0 Å². The maximum atomic E-state index is 13.9. The fraction of sp³-hybridized carbons (Fsp3) is 0.0625. The van der Waals surface area contributed by atoms with E-state index < -0.39 is 32.4 Å². The van der Waals surface area contributed by atoms with E-state index in [9.17, 15) is 21.6 Å². The first kappa shape index (κ1) is 19.5. The number of nitrogens with zero attached hydrogens (tertiary/aromatic N) is 2. The van der Waals surface area contributed by atoms with Crippen LogP contribution in [0.2, 0.25) is 10.0 Å². The van der Waals surface area contributed by atoms with Crippen LogP contribution in [0.4, 0.5) is 19.0 Å². The summed E-state index contributed by atoms with van der Waals surface area (Å²) in [6.07, 6.45) is 1.27. The minimum absolute atomic E-state index is 0.0754. The number of aromatic nitrogens is 2. The van der Waals surface area contributed by atoms with E-state index in [4.69, 9.17) is 23.2 Å². The second-order valence-electron chi connectivity index (χ2n) is 5.40. The summed E-state index contributed by atoms with van der Waals surface area (Å²) < 4.78 is 68.0. The summed E-state index contributed by atoms with van der Waals surface area (Å²) in [5.41, 5.74) is 0.147. The van der Waals surface area contributed by atoms with Gasteiger partial charge in [-0.3, -0.25) is 9.40 Å². The molecule has 0 spiro atoms. The van der Waals surface area contributed by atoms with Crippen molar-refractivity contribution in [2.45, 2.75) is 11.4 Å². The van der Waals surface area contributed by atoms with Crippen molar-refractivity contribution in [3.8, 4) is 0 Å². The Kier molecular flexibility index (Phi) is 5.36. The number of nitrogens with one attached hydrogen (secondary N) is 1. The second-order valence-corrected chi connectivity index (χ2v) is 7.90. The maximum Gasteiger partial charge on any atom is 0.263 e. The highest BCUT2D eigenvalue weighted by Crippen LogP contribution is 2.26. The summed E-state index contributed by atoms with van der Waals surface area (Å²) in [5, 5.41) is 4.04. The summed E-state index contributed by atoms with van der Waals surface area (Å²) in [5.74, 6) is -3.31. The van der Waals surface area contributed by atoms with Gasteiger partial charge in [-0.2, -0.15) is 5.10 Å². The summed E-state index contributed by atoms with van der Waals surface area (Å²) in [7, 11) is -4.27. The quantitative estimate of drug-likeness (QED) is 0.643. The molecule has 5 nitrogen and oxygen atoms in total. The molecule has 3 rings (SSSR count). The van der Waals surface area contributed by atoms with Gasteiger partial charge in [-0.25, -0.2) is 21.6 Å². The fourth-order valence-electron chi connectivity index (χ4n) is 2.22. The average molecular weight is 436 g/mol. The van der Waals surface area contributed by atoms with Crippen LogP contribution in [0.3, 0.4) is 0 Å². The summed E-state index contributed by atoms with van der Waals surface area (Å²) >= 11 is 11.9. The van der Waals surface area contributed by atoms with Crippen LogP contribution in [0.15, 0.2) is 47.5 Å². The van der Waals surface area contributed by atoms with Crippen LogP contribution in [0.5, 0.6) is 0 Å². The minimum atomic E-state index is -4.27. The number of anilines is 1. The van der Waals surface area contributed by atoms with Crippen molar-refractivity contribution in [2.75, 3.05) is 4.72 Å². The molecule has 1 heterocycles. The Morgan fingerprint density at radius 3 is 2.41 bits per heavy atom. The van der Waals surface area contributed by atoms with E-state index >= 15 is 0 Å². The third kappa shape index (κ3) is 4.20. The van der Waals surface area contributed by atoms with Gasteiger partial charge in [-0.1, -0.05) is 29.3 Å². The lowest BCUT2D eigenvalue weighted by Crippen LogP contribution is -2.14. The summed E-state index contributed by atoms with van der Waals surface area (Å²) in [6, 6.07) is 6.27. The molecule has 11 heteroatoms. The van der Waals surface area contributed by atoms with E-state index in [0.29, 0.717) is 12.1 Å². The van der Waals surface area contributed by atoms with E-state index in [1.807, 2.05) is 0 Å². The Balaban J connectivity index is 1.87. The molecule has 0 aliphatic rings. The molecule has 0 bridgehead atoms. The maximum absolute atomic E-state index is 13.9. The standard InChI is InChI=1S/C16H10Cl2F3N3O2S/c17-11-2-1-3-13(19)10(11)7-24-8-12(18)16(22-24)23-27(25,26)9-4-5-14(20)15(21)6-9/h1-6,8H,7H2,(H,22,23). The van der Waals surface area contributed by atoms with Gasteiger partial charge < -0.3 is 0 Å². The van der Waals surface area contributed by atoms with Crippen LogP contribution in [-0.4, -0.2) is 18.2 Å². The highest BCUT2D eigenvalue weighted by atomic mass is 35.5. The molecule has 0 atom stereocenters. The van der Waals surface area contributed by atoms with E-state index in [-0.39, 0.29) is 28.0 Å². The first-order valence-corrected chi connectivity index (χ1v) is 9.55. The fourth-order valence-corrected chi connectivity index (χ4v) is 3.73. The molecule has 142 valence electrons. The van der Waals surface area contributed by atoms with E-state index in [1.54, 1.807) is 0 Å². The Bertz CT molecular complexity index is 1100. The molecule has 0 radical (unpaired) electrons. The zero-order valence-electron chi connectivity index (χ0n) is 13.3. The summed E-state index contributed by atoms with van der Waals surface area (Å²) in [6.45, 7) is -0.0991. The van der Waals surface area contributed by atoms with Gasteiger partial charge in [0.15, 0.2) is 17.5 Å². The molecule has 0 saturated heterocycles. The number of halogens is 5. The molecule has 0 fully saturated rings. The molecule has 1 N–H and O–H groups in total. The lowest BCUT2D eigenvalue weighted by molar-refractivity contribution is 0.504.